The quantitative estimate of drug-likeness (QED) is 0.857. The van der Waals surface area contributed by atoms with Crippen LogP contribution in [0, 0.1) is 0 Å². The maximum atomic E-state index is 5.56. The van der Waals surface area contributed by atoms with Crippen molar-refractivity contribution in [3.63, 3.8) is 0 Å². The highest BCUT2D eigenvalue weighted by Crippen LogP contribution is 2.32. The molecular formula is C14H20N2O3. The van der Waals surface area contributed by atoms with Crippen LogP contribution in [0.2, 0.25) is 0 Å². The molecule has 19 heavy (non-hydrogen) atoms. The zero-order chi connectivity index (χ0) is 12.9. The van der Waals surface area contributed by atoms with Gasteiger partial charge in [0.2, 0.25) is 0 Å². The predicted molar refractivity (Wildman–Crippen MR) is 73.1 cm³/mol. The average Bonchev–Trinajstić information content (AvgIpc) is 2.48. The fraction of sp³-hybridized carbons (Fsp3) is 0.571. The molecule has 1 saturated heterocycles. The highest BCUT2D eigenvalue weighted by molar-refractivity contribution is 5.55. The zero-order valence-corrected chi connectivity index (χ0v) is 11.0. The maximum Gasteiger partial charge on any atom is 0.163 e. The Morgan fingerprint density at radius 1 is 1.16 bits per heavy atom. The second kappa shape index (κ2) is 6.12. The number of anilines is 1. The van der Waals surface area contributed by atoms with Gasteiger partial charge in [0, 0.05) is 30.9 Å². The normalized spacial score (nSPS) is 22.0. The predicted octanol–water partition coefficient (Wildman–Crippen LogP) is 1.25. The molecule has 2 heterocycles. The minimum absolute atomic E-state index is 0.457. The maximum absolute atomic E-state index is 5.56. The number of nitrogens with one attached hydrogen (secondary N) is 2. The first kappa shape index (κ1) is 12.6. The van der Waals surface area contributed by atoms with E-state index in [0.717, 1.165) is 49.9 Å². The lowest BCUT2D eigenvalue weighted by Gasteiger charge is -2.24. The monoisotopic (exact) mass is 264 g/mol. The van der Waals surface area contributed by atoms with Crippen LogP contribution in [0.4, 0.5) is 5.69 Å². The fourth-order valence-electron chi connectivity index (χ4n) is 2.35. The third-order valence-electron chi connectivity index (χ3n) is 3.36. The fourth-order valence-corrected chi connectivity index (χ4v) is 2.35. The second-order valence-corrected chi connectivity index (χ2v) is 4.80. The molecule has 0 radical (unpaired) electrons. The van der Waals surface area contributed by atoms with Gasteiger partial charge in [0.05, 0.1) is 13.2 Å². The summed E-state index contributed by atoms with van der Waals surface area (Å²) in [6, 6.07) is 6.44. The van der Waals surface area contributed by atoms with Gasteiger partial charge >= 0.3 is 0 Å². The van der Waals surface area contributed by atoms with Crippen molar-refractivity contribution in [3.8, 4) is 11.5 Å². The van der Waals surface area contributed by atoms with E-state index < -0.39 is 0 Å². The smallest absolute Gasteiger partial charge is 0.163 e. The first-order valence-corrected chi connectivity index (χ1v) is 6.86. The molecule has 2 aliphatic rings. The number of fused-ring (bicyclic) bond motifs is 1. The van der Waals surface area contributed by atoms with Gasteiger partial charge in [0.15, 0.2) is 11.5 Å². The molecule has 0 amide bonds. The molecule has 2 N–H and O–H groups in total. The van der Waals surface area contributed by atoms with Gasteiger partial charge < -0.3 is 24.8 Å². The van der Waals surface area contributed by atoms with Crippen LogP contribution in [0.5, 0.6) is 11.5 Å². The van der Waals surface area contributed by atoms with Crippen LogP contribution < -0.4 is 20.1 Å². The molecule has 104 valence electrons. The molecule has 3 rings (SSSR count). The van der Waals surface area contributed by atoms with Gasteiger partial charge in [-0.05, 0) is 18.6 Å². The molecule has 5 nitrogen and oxygen atoms in total. The number of ether oxygens (including phenoxy) is 3. The molecule has 1 atom stereocenters. The summed E-state index contributed by atoms with van der Waals surface area (Å²) in [6.07, 6.45) is 1.05. The van der Waals surface area contributed by atoms with E-state index in [1.807, 2.05) is 18.2 Å². The summed E-state index contributed by atoms with van der Waals surface area (Å²) in [5.41, 5.74) is 1.07. The molecule has 0 spiro atoms. The van der Waals surface area contributed by atoms with Crippen molar-refractivity contribution in [2.45, 2.75) is 12.5 Å². The largest absolute Gasteiger partial charge is 0.486 e. The van der Waals surface area contributed by atoms with E-state index in [2.05, 4.69) is 10.6 Å². The number of rotatable bonds is 4. The van der Waals surface area contributed by atoms with Gasteiger partial charge in [-0.3, -0.25) is 0 Å². The Hall–Kier alpha value is -1.46. The number of morpholine rings is 1. The lowest BCUT2D eigenvalue weighted by atomic mass is 10.2. The van der Waals surface area contributed by atoms with Crippen LogP contribution in [-0.2, 0) is 4.74 Å². The van der Waals surface area contributed by atoms with E-state index in [-0.39, 0.29) is 0 Å². The number of hydrogen-bond acceptors (Lipinski definition) is 5. The number of hydrogen-bond donors (Lipinski definition) is 2. The zero-order valence-electron chi connectivity index (χ0n) is 11.0. The van der Waals surface area contributed by atoms with E-state index in [4.69, 9.17) is 14.2 Å². The molecule has 1 aromatic rings. The van der Waals surface area contributed by atoms with Gasteiger partial charge in [-0.15, -0.1) is 0 Å². The average molecular weight is 264 g/mol. The van der Waals surface area contributed by atoms with Crippen molar-refractivity contribution in [2.24, 2.45) is 0 Å². The van der Waals surface area contributed by atoms with Crippen molar-refractivity contribution in [1.82, 2.24) is 5.32 Å². The summed E-state index contributed by atoms with van der Waals surface area (Å²) in [7, 11) is 0. The topological polar surface area (TPSA) is 51.8 Å². The molecule has 2 aliphatic heterocycles. The van der Waals surface area contributed by atoms with Crippen LogP contribution in [0.25, 0.3) is 0 Å². The Morgan fingerprint density at radius 3 is 2.89 bits per heavy atom. The van der Waals surface area contributed by atoms with Gasteiger partial charge in [-0.2, -0.15) is 0 Å². The number of benzene rings is 1. The summed E-state index contributed by atoms with van der Waals surface area (Å²) in [5, 5.41) is 6.86. The minimum Gasteiger partial charge on any atom is -0.486 e. The SMILES string of the molecule is c1cc2c(cc1NCCC1COCCN1)OCCO2. The lowest BCUT2D eigenvalue weighted by Crippen LogP contribution is -2.42. The molecule has 0 aliphatic carbocycles. The lowest BCUT2D eigenvalue weighted by molar-refractivity contribution is 0.0753. The van der Waals surface area contributed by atoms with Gasteiger partial charge in [-0.25, -0.2) is 0 Å². The van der Waals surface area contributed by atoms with Crippen LogP contribution in [0.15, 0.2) is 18.2 Å². The molecule has 0 bridgehead atoms. The molecule has 1 fully saturated rings. The Balaban J connectivity index is 1.49. The molecule has 0 aromatic heterocycles. The van der Waals surface area contributed by atoms with Gasteiger partial charge in [-0.1, -0.05) is 0 Å². The standard InChI is InChI=1S/C14H20N2O3/c1-2-13-14(19-8-7-18-13)9-11(1)15-4-3-12-10-17-6-5-16-12/h1-2,9,12,15-16H,3-8,10H2. The molecule has 5 heteroatoms. The molecule has 1 aromatic carbocycles. The highest BCUT2D eigenvalue weighted by atomic mass is 16.6. The highest BCUT2D eigenvalue weighted by Gasteiger charge is 2.13. The van der Waals surface area contributed by atoms with Crippen LogP contribution in [0.1, 0.15) is 6.42 Å². The van der Waals surface area contributed by atoms with Crippen LogP contribution in [-0.4, -0.2) is 45.6 Å². The first-order valence-electron chi connectivity index (χ1n) is 6.86. The summed E-state index contributed by atoms with van der Waals surface area (Å²) in [5.74, 6) is 1.66. The molecular weight excluding hydrogens is 244 g/mol. The Labute approximate surface area is 113 Å². The van der Waals surface area contributed by atoms with E-state index >= 15 is 0 Å². The summed E-state index contributed by atoms with van der Waals surface area (Å²) < 4.78 is 16.5. The third-order valence-corrected chi connectivity index (χ3v) is 3.36. The van der Waals surface area contributed by atoms with Crippen molar-refractivity contribution in [3.05, 3.63) is 18.2 Å². The summed E-state index contributed by atoms with van der Waals surface area (Å²) >= 11 is 0. The van der Waals surface area contributed by atoms with Gasteiger partial charge in [0.25, 0.3) is 0 Å². The van der Waals surface area contributed by atoms with Crippen molar-refractivity contribution in [2.75, 3.05) is 44.8 Å². The van der Waals surface area contributed by atoms with Gasteiger partial charge in [0.1, 0.15) is 13.2 Å². The first-order chi connectivity index (χ1) is 9.42. The van der Waals surface area contributed by atoms with Crippen LogP contribution >= 0.6 is 0 Å². The van der Waals surface area contributed by atoms with E-state index in [0.29, 0.717) is 19.3 Å². The Kier molecular flexibility index (Phi) is 4.05. The van der Waals surface area contributed by atoms with Crippen molar-refractivity contribution < 1.29 is 14.2 Å². The summed E-state index contributed by atoms with van der Waals surface area (Å²) in [4.78, 5) is 0. The van der Waals surface area contributed by atoms with Crippen molar-refractivity contribution >= 4 is 5.69 Å². The van der Waals surface area contributed by atoms with E-state index in [1.54, 1.807) is 0 Å². The molecule has 0 saturated carbocycles. The third kappa shape index (κ3) is 3.30. The van der Waals surface area contributed by atoms with Crippen molar-refractivity contribution in [1.29, 1.82) is 0 Å². The Bertz CT molecular complexity index is 419. The minimum atomic E-state index is 0.457. The Morgan fingerprint density at radius 2 is 2.05 bits per heavy atom. The summed E-state index contributed by atoms with van der Waals surface area (Å²) in [6.45, 7) is 4.76. The van der Waals surface area contributed by atoms with Crippen LogP contribution in [0.3, 0.4) is 0 Å². The van der Waals surface area contributed by atoms with E-state index in [1.165, 1.54) is 0 Å². The molecule has 1 unspecified atom stereocenters. The van der Waals surface area contributed by atoms with E-state index in [9.17, 15) is 0 Å². The second-order valence-electron chi connectivity index (χ2n) is 4.80.